The first kappa shape index (κ1) is 13.4. The molecule has 1 saturated heterocycles. The van der Waals surface area contributed by atoms with Crippen LogP contribution in [-0.4, -0.2) is 49.6 Å². The number of rotatable bonds is 4. The fourth-order valence-electron chi connectivity index (χ4n) is 2.52. The molecule has 1 aromatic carbocycles. The quantitative estimate of drug-likeness (QED) is 0.899. The number of carbonyl (C=O) groups excluding carboxylic acids is 1. The summed E-state index contributed by atoms with van der Waals surface area (Å²) in [6, 6.07) is 7.04. The topological polar surface area (TPSA) is 35.6 Å². The summed E-state index contributed by atoms with van der Waals surface area (Å²) in [5, 5.41) is 3.01. The van der Waals surface area contributed by atoms with Crippen molar-refractivity contribution < 1.29 is 9.18 Å². The molecule has 1 saturated carbocycles. The maximum atomic E-state index is 12.9. The van der Waals surface area contributed by atoms with E-state index in [9.17, 15) is 9.18 Å². The fraction of sp³-hybridized carbons (Fsp3) is 0.533. The first-order chi connectivity index (χ1) is 9.70. The van der Waals surface area contributed by atoms with Gasteiger partial charge in [0.15, 0.2) is 0 Å². The van der Waals surface area contributed by atoms with Crippen molar-refractivity contribution in [2.75, 3.05) is 37.6 Å². The lowest BCUT2D eigenvalue weighted by atomic mass is 10.2. The van der Waals surface area contributed by atoms with Crippen LogP contribution in [0.1, 0.15) is 12.8 Å². The minimum atomic E-state index is -0.205. The summed E-state index contributed by atoms with van der Waals surface area (Å²) < 4.78 is 12.9. The van der Waals surface area contributed by atoms with Crippen molar-refractivity contribution >= 4 is 11.6 Å². The summed E-state index contributed by atoms with van der Waals surface area (Å²) in [7, 11) is 0. The van der Waals surface area contributed by atoms with Crippen LogP contribution in [-0.2, 0) is 4.79 Å². The van der Waals surface area contributed by atoms with Gasteiger partial charge < -0.3 is 10.2 Å². The highest BCUT2D eigenvalue weighted by Gasteiger charge is 2.25. The van der Waals surface area contributed by atoms with Crippen LogP contribution in [0.4, 0.5) is 10.1 Å². The van der Waals surface area contributed by atoms with Crippen molar-refractivity contribution in [3.63, 3.8) is 0 Å². The van der Waals surface area contributed by atoms with Gasteiger partial charge in [0, 0.05) is 37.9 Å². The van der Waals surface area contributed by atoms with Crippen molar-refractivity contribution in [1.82, 2.24) is 10.2 Å². The number of nitrogens with zero attached hydrogens (tertiary/aromatic N) is 2. The van der Waals surface area contributed by atoms with Crippen LogP contribution in [0.15, 0.2) is 24.3 Å². The van der Waals surface area contributed by atoms with Crippen LogP contribution in [0, 0.1) is 5.82 Å². The third kappa shape index (κ3) is 3.48. The zero-order valence-corrected chi connectivity index (χ0v) is 11.5. The molecule has 0 atom stereocenters. The molecule has 1 amide bonds. The third-order valence-electron chi connectivity index (χ3n) is 3.87. The predicted molar refractivity (Wildman–Crippen MR) is 76.2 cm³/mol. The normalized spacial score (nSPS) is 19.9. The molecule has 108 valence electrons. The van der Waals surface area contributed by atoms with E-state index in [1.165, 1.54) is 12.1 Å². The fourth-order valence-corrected chi connectivity index (χ4v) is 2.52. The molecule has 3 rings (SSSR count). The second kappa shape index (κ2) is 5.79. The SMILES string of the molecule is O=C(CN1CCN(c2ccc(F)cc2)CC1)NC1CC1. The molecule has 1 aromatic rings. The number of carbonyl (C=O) groups is 1. The summed E-state index contributed by atoms with van der Waals surface area (Å²) >= 11 is 0. The summed E-state index contributed by atoms with van der Waals surface area (Å²) in [5.41, 5.74) is 1.05. The molecule has 2 aliphatic rings. The standard InChI is InChI=1S/C15H20FN3O/c16-12-1-5-14(6-2-12)19-9-7-18(8-10-19)11-15(20)17-13-3-4-13/h1-2,5-6,13H,3-4,7-11H2,(H,17,20). The molecule has 4 nitrogen and oxygen atoms in total. The average molecular weight is 277 g/mol. The van der Waals surface area contributed by atoms with Crippen LogP contribution in [0.2, 0.25) is 0 Å². The second-order valence-electron chi connectivity index (χ2n) is 5.58. The van der Waals surface area contributed by atoms with Gasteiger partial charge in [0.25, 0.3) is 0 Å². The van der Waals surface area contributed by atoms with E-state index in [-0.39, 0.29) is 11.7 Å². The predicted octanol–water partition coefficient (Wildman–Crippen LogP) is 1.23. The highest BCUT2D eigenvalue weighted by molar-refractivity contribution is 5.78. The van der Waals surface area contributed by atoms with Gasteiger partial charge in [-0.25, -0.2) is 4.39 Å². The van der Waals surface area contributed by atoms with Gasteiger partial charge in [-0.05, 0) is 37.1 Å². The van der Waals surface area contributed by atoms with E-state index < -0.39 is 0 Å². The van der Waals surface area contributed by atoms with Crippen molar-refractivity contribution in [2.24, 2.45) is 0 Å². The molecule has 1 aliphatic carbocycles. The number of benzene rings is 1. The maximum Gasteiger partial charge on any atom is 0.234 e. The van der Waals surface area contributed by atoms with Gasteiger partial charge >= 0.3 is 0 Å². The maximum absolute atomic E-state index is 12.9. The van der Waals surface area contributed by atoms with Crippen LogP contribution in [0.5, 0.6) is 0 Å². The summed E-state index contributed by atoms with van der Waals surface area (Å²) in [6.45, 7) is 3.99. The van der Waals surface area contributed by atoms with E-state index in [0.717, 1.165) is 44.7 Å². The van der Waals surface area contributed by atoms with Crippen molar-refractivity contribution in [3.05, 3.63) is 30.1 Å². The number of amides is 1. The Morgan fingerprint density at radius 2 is 1.80 bits per heavy atom. The van der Waals surface area contributed by atoms with Gasteiger partial charge in [0.2, 0.25) is 5.91 Å². The van der Waals surface area contributed by atoms with Crippen LogP contribution in [0.3, 0.4) is 0 Å². The number of nitrogens with one attached hydrogen (secondary N) is 1. The zero-order valence-electron chi connectivity index (χ0n) is 11.5. The largest absolute Gasteiger partial charge is 0.369 e. The lowest BCUT2D eigenvalue weighted by Gasteiger charge is -2.35. The van der Waals surface area contributed by atoms with E-state index in [1.54, 1.807) is 0 Å². The molecule has 1 N–H and O–H groups in total. The van der Waals surface area contributed by atoms with Gasteiger partial charge in [-0.3, -0.25) is 9.69 Å². The minimum absolute atomic E-state index is 0.141. The summed E-state index contributed by atoms with van der Waals surface area (Å²) in [5.74, 6) is -0.0631. The van der Waals surface area contributed by atoms with Crippen molar-refractivity contribution in [2.45, 2.75) is 18.9 Å². The van der Waals surface area contributed by atoms with E-state index in [0.29, 0.717) is 12.6 Å². The van der Waals surface area contributed by atoms with Gasteiger partial charge in [0.1, 0.15) is 5.82 Å². The lowest BCUT2D eigenvalue weighted by molar-refractivity contribution is -0.122. The molecule has 0 aromatic heterocycles. The van der Waals surface area contributed by atoms with E-state index in [1.807, 2.05) is 12.1 Å². The van der Waals surface area contributed by atoms with Gasteiger partial charge in [-0.1, -0.05) is 0 Å². The molecule has 0 spiro atoms. The Balaban J connectivity index is 1.46. The van der Waals surface area contributed by atoms with Crippen LogP contribution >= 0.6 is 0 Å². The summed E-state index contributed by atoms with van der Waals surface area (Å²) in [4.78, 5) is 16.2. The Kier molecular flexibility index (Phi) is 3.87. The molecule has 0 bridgehead atoms. The number of halogens is 1. The minimum Gasteiger partial charge on any atom is -0.369 e. The molecule has 1 aliphatic heterocycles. The first-order valence-corrected chi connectivity index (χ1v) is 7.23. The smallest absolute Gasteiger partial charge is 0.234 e. The number of anilines is 1. The Labute approximate surface area is 118 Å². The number of hydrogen-bond acceptors (Lipinski definition) is 3. The molecular weight excluding hydrogens is 257 g/mol. The van der Waals surface area contributed by atoms with Gasteiger partial charge in [0.05, 0.1) is 6.54 Å². The van der Waals surface area contributed by atoms with Crippen LogP contribution in [0.25, 0.3) is 0 Å². The number of piperazine rings is 1. The Bertz CT molecular complexity index is 465. The Morgan fingerprint density at radius 3 is 2.40 bits per heavy atom. The second-order valence-corrected chi connectivity index (χ2v) is 5.58. The highest BCUT2D eigenvalue weighted by atomic mass is 19.1. The lowest BCUT2D eigenvalue weighted by Crippen LogP contribution is -2.49. The first-order valence-electron chi connectivity index (χ1n) is 7.23. The molecule has 1 heterocycles. The molecule has 5 heteroatoms. The van der Waals surface area contributed by atoms with Crippen molar-refractivity contribution in [1.29, 1.82) is 0 Å². The summed E-state index contributed by atoms with van der Waals surface area (Å²) in [6.07, 6.45) is 2.26. The van der Waals surface area contributed by atoms with E-state index in [4.69, 9.17) is 0 Å². The third-order valence-corrected chi connectivity index (χ3v) is 3.87. The van der Waals surface area contributed by atoms with Gasteiger partial charge in [-0.15, -0.1) is 0 Å². The number of hydrogen-bond donors (Lipinski definition) is 1. The monoisotopic (exact) mass is 277 g/mol. The molecule has 0 unspecified atom stereocenters. The average Bonchev–Trinajstić information content (AvgIpc) is 3.24. The zero-order chi connectivity index (χ0) is 13.9. The highest BCUT2D eigenvalue weighted by Crippen LogP contribution is 2.19. The molecular formula is C15H20FN3O. The van der Waals surface area contributed by atoms with Gasteiger partial charge in [-0.2, -0.15) is 0 Å². The molecule has 0 radical (unpaired) electrons. The molecule has 20 heavy (non-hydrogen) atoms. The van der Waals surface area contributed by atoms with Crippen LogP contribution < -0.4 is 10.2 Å². The Morgan fingerprint density at radius 1 is 1.15 bits per heavy atom. The molecule has 2 fully saturated rings. The van der Waals surface area contributed by atoms with E-state index in [2.05, 4.69) is 15.1 Å². The van der Waals surface area contributed by atoms with Crippen molar-refractivity contribution in [3.8, 4) is 0 Å². The Hall–Kier alpha value is -1.62. The van der Waals surface area contributed by atoms with E-state index >= 15 is 0 Å².